The van der Waals surface area contributed by atoms with Gasteiger partial charge in [0, 0.05) is 10.5 Å². The molecule has 1 aromatic heterocycles. The SMILES string of the molecule is CC(C)(C)SCc1ccc(CCc2ccc3ncsc3c2)cc1. The van der Waals surface area contributed by atoms with Gasteiger partial charge in [0.15, 0.2) is 0 Å². The lowest BCUT2D eigenvalue weighted by molar-refractivity contribution is 0.802. The van der Waals surface area contributed by atoms with Crippen LogP contribution in [-0.2, 0) is 18.6 Å². The number of aromatic nitrogens is 1. The molecule has 0 atom stereocenters. The molecule has 0 aliphatic carbocycles. The van der Waals surface area contributed by atoms with Gasteiger partial charge in [-0.15, -0.1) is 11.3 Å². The molecule has 0 unspecified atom stereocenters. The Bertz CT molecular complexity index is 766. The molecule has 0 aliphatic heterocycles. The van der Waals surface area contributed by atoms with E-state index in [-0.39, 0.29) is 0 Å². The normalized spacial score (nSPS) is 12.0. The van der Waals surface area contributed by atoms with Gasteiger partial charge >= 0.3 is 0 Å². The molecule has 0 aliphatic rings. The molecular weight excluding hydrogens is 318 g/mol. The number of thiazole rings is 1. The summed E-state index contributed by atoms with van der Waals surface area (Å²) in [7, 11) is 0. The van der Waals surface area contributed by atoms with Gasteiger partial charge in [-0.05, 0) is 41.7 Å². The van der Waals surface area contributed by atoms with Crippen molar-refractivity contribution in [3.63, 3.8) is 0 Å². The van der Waals surface area contributed by atoms with Crippen molar-refractivity contribution in [3.8, 4) is 0 Å². The minimum Gasteiger partial charge on any atom is -0.245 e. The monoisotopic (exact) mass is 341 g/mol. The number of rotatable bonds is 5. The third-order valence-electron chi connectivity index (χ3n) is 3.79. The molecule has 0 bridgehead atoms. The van der Waals surface area contributed by atoms with Gasteiger partial charge in [-0.25, -0.2) is 4.98 Å². The Hall–Kier alpha value is -1.32. The molecule has 3 heteroatoms. The molecule has 0 spiro atoms. The zero-order valence-electron chi connectivity index (χ0n) is 14.0. The molecule has 2 aromatic carbocycles. The van der Waals surface area contributed by atoms with Crippen molar-refractivity contribution < 1.29 is 0 Å². The molecule has 1 nitrogen and oxygen atoms in total. The van der Waals surface area contributed by atoms with Gasteiger partial charge in [0.25, 0.3) is 0 Å². The first-order valence-corrected chi connectivity index (χ1v) is 9.90. The number of fused-ring (bicyclic) bond motifs is 1. The summed E-state index contributed by atoms with van der Waals surface area (Å²) < 4.78 is 1.62. The van der Waals surface area contributed by atoms with E-state index in [4.69, 9.17) is 0 Å². The predicted octanol–water partition coefficient (Wildman–Crippen LogP) is 6.11. The van der Waals surface area contributed by atoms with Gasteiger partial charge < -0.3 is 0 Å². The van der Waals surface area contributed by atoms with Crippen molar-refractivity contribution in [2.45, 2.75) is 44.1 Å². The molecular formula is C20H23NS2. The first-order valence-electron chi connectivity index (χ1n) is 8.03. The number of benzene rings is 2. The highest BCUT2D eigenvalue weighted by molar-refractivity contribution is 7.99. The van der Waals surface area contributed by atoms with Crippen molar-refractivity contribution >= 4 is 33.3 Å². The highest BCUT2D eigenvalue weighted by Crippen LogP contribution is 2.27. The van der Waals surface area contributed by atoms with Crippen LogP contribution >= 0.6 is 23.1 Å². The molecule has 3 rings (SSSR count). The maximum atomic E-state index is 4.34. The predicted molar refractivity (Wildman–Crippen MR) is 105 cm³/mol. The highest BCUT2D eigenvalue weighted by Gasteiger charge is 2.10. The van der Waals surface area contributed by atoms with Gasteiger partial charge in [-0.3, -0.25) is 0 Å². The second-order valence-corrected chi connectivity index (χ2v) is 9.56. The summed E-state index contributed by atoms with van der Waals surface area (Å²) in [6.45, 7) is 6.81. The van der Waals surface area contributed by atoms with E-state index in [1.54, 1.807) is 11.3 Å². The standard InChI is InChI=1S/C20H23NS2/c1-20(2,3)23-13-17-8-5-15(6-9-17)4-7-16-10-11-18-19(12-16)22-14-21-18/h5-6,8-12,14H,4,7,13H2,1-3H3. The van der Waals surface area contributed by atoms with Crippen LogP contribution in [0.25, 0.3) is 10.2 Å². The van der Waals surface area contributed by atoms with E-state index in [9.17, 15) is 0 Å². The zero-order valence-corrected chi connectivity index (χ0v) is 15.6. The van der Waals surface area contributed by atoms with Crippen LogP contribution in [0.2, 0.25) is 0 Å². The molecule has 0 saturated carbocycles. The van der Waals surface area contributed by atoms with Crippen LogP contribution in [0.15, 0.2) is 48.0 Å². The average Bonchev–Trinajstić information content (AvgIpc) is 2.99. The highest BCUT2D eigenvalue weighted by atomic mass is 32.2. The molecule has 0 fully saturated rings. The van der Waals surface area contributed by atoms with E-state index in [0.717, 1.165) is 24.1 Å². The Balaban J connectivity index is 1.57. The van der Waals surface area contributed by atoms with Gasteiger partial charge in [0.2, 0.25) is 0 Å². The van der Waals surface area contributed by atoms with Crippen LogP contribution in [0.5, 0.6) is 0 Å². The van der Waals surface area contributed by atoms with Crippen molar-refractivity contribution in [3.05, 3.63) is 64.7 Å². The van der Waals surface area contributed by atoms with Gasteiger partial charge in [-0.2, -0.15) is 11.8 Å². The van der Waals surface area contributed by atoms with Crippen LogP contribution in [0.1, 0.15) is 37.5 Å². The zero-order chi connectivity index (χ0) is 16.3. The maximum absolute atomic E-state index is 4.34. The number of hydrogen-bond acceptors (Lipinski definition) is 3. The summed E-state index contributed by atoms with van der Waals surface area (Å²) in [6, 6.07) is 15.7. The largest absolute Gasteiger partial charge is 0.245 e. The number of hydrogen-bond donors (Lipinski definition) is 0. The van der Waals surface area contributed by atoms with Crippen molar-refractivity contribution in [1.82, 2.24) is 4.98 Å². The molecule has 0 radical (unpaired) electrons. The van der Waals surface area contributed by atoms with E-state index in [2.05, 4.69) is 68.2 Å². The summed E-state index contributed by atoms with van der Waals surface area (Å²) in [4.78, 5) is 4.34. The van der Waals surface area contributed by atoms with Crippen LogP contribution < -0.4 is 0 Å². The van der Waals surface area contributed by atoms with Crippen LogP contribution in [0.3, 0.4) is 0 Å². The maximum Gasteiger partial charge on any atom is 0.0812 e. The summed E-state index contributed by atoms with van der Waals surface area (Å²) in [5, 5.41) is 0. The Labute approximate surface area is 147 Å². The smallest absolute Gasteiger partial charge is 0.0812 e. The summed E-state index contributed by atoms with van der Waals surface area (Å²) >= 11 is 3.72. The Morgan fingerprint density at radius 1 is 0.913 bits per heavy atom. The van der Waals surface area contributed by atoms with Crippen LogP contribution in [0, 0.1) is 0 Å². The lowest BCUT2D eigenvalue weighted by Crippen LogP contribution is -2.07. The lowest BCUT2D eigenvalue weighted by Gasteiger charge is -2.17. The quantitative estimate of drug-likeness (QED) is 0.555. The third kappa shape index (κ3) is 4.82. The summed E-state index contributed by atoms with van der Waals surface area (Å²) in [5.41, 5.74) is 7.26. The van der Waals surface area contributed by atoms with Gasteiger partial charge in [-0.1, -0.05) is 51.1 Å². The van der Waals surface area contributed by atoms with E-state index in [0.29, 0.717) is 4.75 Å². The average molecular weight is 342 g/mol. The topological polar surface area (TPSA) is 12.9 Å². The van der Waals surface area contributed by atoms with E-state index < -0.39 is 0 Å². The molecule has 0 saturated heterocycles. The van der Waals surface area contributed by atoms with E-state index in [1.165, 1.54) is 21.4 Å². The van der Waals surface area contributed by atoms with E-state index in [1.807, 2.05) is 17.3 Å². The molecule has 0 amide bonds. The fourth-order valence-corrected chi connectivity index (χ4v) is 3.98. The van der Waals surface area contributed by atoms with Crippen LogP contribution in [0.4, 0.5) is 0 Å². The minimum atomic E-state index is 0.327. The Morgan fingerprint density at radius 3 is 2.30 bits per heavy atom. The second kappa shape index (κ2) is 7.06. The fourth-order valence-electron chi connectivity index (χ4n) is 2.45. The van der Waals surface area contributed by atoms with Crippen molar-refractivity contribution in [2.24, 2.45) is 0 Å². The molecule has 1 heterocycles. The summed E-state index contributed by atoms with van der Waals surface area (Å²) in [5.74, 6) is 1.09. The molecule has 23 heavy (non-hydrogen) atoms. The second-order valence-electron chi connectivity index (χ2n) is 6.87. The Kier molecular flexibility index (Phi) is 5.08. The number of nitrogens with zero attached hydrogens (tertiary/aromatic N) is 1. The number of aryl methyl sites for hydroxylation is 2. The number of thioether (sulfide) groups is 1. The lowest BCUT2D eigenvalue weighted by atomic mass is 10.0. The van der Waals surface area contributed by atoms with Gasteiger partial charge in [0.05, 0.1) is 15.7 Å². The molecule has 120 valence electrons. The van der Waals surface area contributed by atoms with Gasteiger partial charge in [0.1, 0.15) is 0 Å². The fraction of sp³-hybridized carbons (Fsp3) is 0.350. The van der Waals surface area contributed by atoms with Crippen molar-refractivity contribution in [2.75, 3.05) is 0 Å². The van der Waals surface area contributed by atoms with Crippen molar-refractivity contribution in [1.29, 1.82) is 0 Å². The molecule has 0 N–H and O–H groups in total. The minimum absolute atomic E-state index is 0.327. The third-order valence-corrected chi connectivity index (χ3v) is 5.93. The van der Waals surface area contributed by atoms with E-state index >= 15 is 0 Å². The van der Waals surface area contributed by atoms with Crippen LogP contribution in [-0.4, -0.2) is 9.73 Å². The Morgan fingerprint density at radius 2 is 1.57 bits per heavy atom. The first-order chi connectivity index (χ1) is 11.0. The molecule has 3 aromatic rings. The first kappa shape index (κ1) is 16.5. The summed E-state index contributed by atoms with van der Waals surface area (Å²) in [6.07, 6.45) is 2.18.